The predicted molar refractivity (Wildman–Crippen MR) is 79.3 cm³/mol. The maximum Gasteiger partial charge on any atom is 0.124 e. The largest absolute Gasteiger partial charge is 0.507 e. The average Bonchev–Trinajstić information content (AvgIpc) is 2.45. The Bertz CT molecular complexity index is 528. The second-order valence-corrected chi connectivity index (χ2v) is 4.88. The van der Waals surface area contributed by atoms with Crippen LogP contribution in [0, 0.1) is 0 Å². The van der Waals surface area contributed by atoms with Gasteiger partial charge in [-0.15, -0.1) is 0 Å². The van der Waals surface area contributed by atoms with Gasteiger partial charge < -0.3 is 27.0 Å². The number of benzene rings is 1. The van der Waals surface area contributed by atoms with Crippen LogP contribution in [-0.2, 0) is 4.74 Å². The van der Waals surface area contributed by atoms with E-state index in [1.54, 1.807) is 24.3 Å². The summed E-state index contributed by atoms with van der Waals surface area (Å²) in [5, 5.41) is 9.81. The molecule has 108 valence electrons. The second-order valence-electron chi connectivity index (χ2n) is 4.88. The maximum absolute atomic E-state index is 9.81. The molecule has 5 nitrogen and oxygen atoms in total. The molecule has 7 N–H and O–H groups in total. The fraction of sp³-hybridized carbons (Fsp3) is 0.333. The van der Waals surface area contributed by atoms with Crippen molar-refractivity contribution in [3.8, 4) is 5.75 Å². The van der Waals surface area contributed by atoms with E-state index < -0.39 is 0 Å². The lowest BCUT2D eigenvalue weighted by Gasteiger charge is -2.24. The van der Waals surface area contributed by atoms with Crippen LogP contribution < -0.4 is 17.2 Å². The second kappa shape index (κ2) is 6.34. The number of hydrogen-bond acceptors (Lipinski definition) is 5. The van der Waals surface area contributed by atoms with Gasteiger partial charge in [0.05, 0.1) is 11.9 Å². The fourth-order valence-electron chi connectivity index (χ4n) is 2.31. The molecule has 1 fully saturated rings. The third-order valence-corrected chi connectivity index (χ3v) is 3.39. The molecule has 1 aromatic carbocycles. The van der Waals surface area contributed by atoms with Crippen molar-refractivity contribution in [1.82, 2.24) is 0 Å². The summed E-state index contributed by atoms with van der Waals surface area (Å²) in [6.45, 7) is 0.700. The highest BCUT2D eigenvalue weighted by atomic mass is 16.5. The summed E-state index contributed by atoms with van der Waals surface area (Å²) in [4.78, 5) is 0. The Balaban J connectivity index is 2.30. The Morgan fingerprint density at radius 2 is 1.95 bits per heavy atom. The lowest BCUT2D eigenvalue weighted by atomic mass is 9.99. The highest BCUT2D eigenvalue weighted by Gasteiger charge is 2.19. The van der Waals surface area contributed by atoms with E-state index in [0.717, 1.165) is 19.3 Å². The van der Waals surface area contributed by atoms with Gasteiger partial charge in [0, 0.05) is 23.4 Å². The van der Waals surface area contributed by atoms with Crippen molar-refractivity contribution < 1.29 is 9.84 Å². The van der Waals surface area contributed by atoms with Crippen LogP contribution in [-0.4, -0.2) is 17.8 Å². The van der Waals surface area contributed by atoms with Gasteiger partial charge in [-0.2, -0.15) is 0 Å². The minimum absolute atomic E-state index is 0.126. The fourth-order valence-corrected chi connectivity index (χ4v) is 2.31. The SMILES string of the molecule is NC(N)=C(/C=C(\N)c1ccccc1O)C1CCCCO1. The summed E-state index contributed by atoms with van der Waals surface area (Å²) in [5.41, 5.74) is 19.2. The molecule has 0 aliphatic carbocycles. The summed E-state index contributed by atoms with van der Waals surface area (Å²) in [6.07, 6.45) is 4.56. The molecule has 1 aromatic rings. The van der Waals surface area contributed by atoms with Crippen LogP contribution in [0.2, 0.25) is 0 Å². The zero-order valence-electron chi connectivity index (χ0n) is 11.4. The number of nitrogens with two attached hydrogens (primary N) is 3. The number of aromatic hydroxyl groups is 1. The monoisotopic (exact) mass is 275 g/mol. The molecule has 1 atom stereocenters. The minimum atomic E-state index is -0.127. The molecule has 20 heavy (non-hydrogen) atoms. The topological polar surface area (TPSA) is 108 Å². The standard InChI is InChI=1S/C15H21N3O2/c16-12(10-5-1-2-6-13(10)19)9-11(15(17)18)14-7-3-4-8-20-14/h1-2,5-6,9,14,19H,3-4,7-8,16-18H2/b12-9-. The molecule has 2 rings (SSSR count). The molecule has 5 heteroatoms. The van der Waals surface area contributed by atoms with Crippen molar-refractivity contribution in [3.63, 3.8) is 0 Å². The van der Waals surface area contributed by atoms with Gasteiger partial charge >= 0.3 is 0 Å². The number of phenolic OH excluding ortho intramolecular Hbond substituents is 1. The van der Waals surface area contributed by atoms with Crippen molar-refractivity contribution in [2.24, 2.45) is 17.2 Å². The Kier molecular flexibility index (Phi) is 4.53. The van der Waals surface area contributed by atoms with Crippen LogP contribution in [0.5, 0.6) is 5.75 Å². The highest BCUT2D eigenvalue weighted by Crippen LogP contribution is 2.26. The first-order valence-electron chi connectivity index (χ1n) is 6.72. The van der Waals surface area contributed by atoms with E-state index in [1.807, 2.05) is 6.07 Å². The Labute approximate surface area is 118 Å². The first-order valence-corrected chi connectivity index (χ1v) is 6.72. The number of rotatable bonds is 3. The first kappa shape index (κ1) is 14.3. The van der Waals surface area contributed by atoms with Crippen LogP contribution in [0.3, 0.4) is 0 Å². The molecule has 0 radical (unpaired) electrons. The van der Waals surface area contributed by atoms with Gasteiger partial charge in [0.1, 0.15) is 5.75 Å². The smallest absolute Gasteiger partial charge is 0.124 e. The van der Waals surface area contributed by atoms with Crippen molar-refractivity contribution in [3.05, 3.63) is 47.3 Å². The molecule has 0 spiro atoms. The van der Waals surface area contributed by atoms with Gasteiger partial charge in [-0.05, 0) is 37.5 Å². The molecular formula is C15H21N3O2. The zero-order valence-corrected chi connectivity index (χ0v) is 11.4. The van der Waals surface area contributed by atoms with Crippen molar-refractivity contribution in [1.29, 1.82) is 0 Å². The summed E-state index contributed by atoms with van der Waals surface area (Å²) in [6, 6.07) is 6.88. The molecule has 0 aromatic heterocycles. The van der Waals surface area contributed by atoms with Gasteiger partial charge in [0.25, 0.3) is 0 Å². The van der Waals surface area contributed by atoms with Crippen LogP contribution in [0.4, 0.5) is 0 Å². The first-order chi connectivity index (χ1) is 9.59. The Morgan fingerprint density at radius 3 is 2.55 bits per heavy atom. The van der Waals surface area contributed by atoms with Crippen molar-refractivity contribution >= 4 is 5.70 Å². The summed E-state index contributed by atoms with van der Waals surface area (Å²) in [5.74, 6) is 0.330. The van der Waals surface area contributed by atoms with Gasteiger partial charge in [-0.3, -0.25) is 0 Å². The molecule has 1 aliphatic heterocycles. The Morgan fingerprint density at radius 1 is 1.20 bits per heavy atom. The zero-order chi connectivity index (χ0) is 14.5. The van der Waals surface area contributed by atoms with Crippen LogP contribution in [0.25, 0.3) is 5.70 Å². The number of hydrogen-bond donors (Lipinski definition) is 4. The van der Waals surface area contributed by atoms with Crippen molar-refractivity contribution in [2.45, 2.75) is 25.4 Å². The molecule has 0 bridgehead atoms. The van der Waals surface area contributed by atoms with Crippen LogP contribution in [0.1, 0.15) is 24.8 Å². The maximum atomic E-state index is 9.81. The highest BCUT2D eigenvalue weighted by molar-refractivity contribution is 5.70. The molecule has 0 saturated carbocycles. The van der Waals surface area contributed by atoms with E-state index in [2.05, 4.69) is 0 Å². The van der Waals surface area contributed by atoms with E-state index in [9.17, 15) is 5.11 Å². The van der Waals surface area contributed by atoms with E-state index >= 15 is 0 Å². The van der Waals surface area contributed by atoms with E-state index in [-0.39, 0.29) is 17.7 Å². The minimum Gasteiger partial charge on any atom is -0.507 e. The predicted octanol–water partition coefficient (Wildman–Crippen LogP) is 1.39. The van der Waals surface area contributed by atoms with Crippen molar-refractivity contribution in [2.75, 3.05) is 6.61 Å². The van der Waals surface area contributed by atoms with E-state index in [1.165, 1.54) is 0 Å². The third-order valence-electron chi connectivity index (χ3n) is 3.39. The summed E-state index contributed by atoms with van der Waals surface area (Å²) >= 11 is 0. The van der Waals surface area contributed by atoms with E-state index in [4.69, 9.17) is 21.9 Å². The lowest BCUT2D eigenvalue weighted by molar-refractivity contribution is 0.0408. The molecule has 1 aliphatic rings. The van der Waals surface area contributed by atoms with Crippen LogP contribution in [0.15, 0.2) is 41.7 Å². The van der Waals surface area contributed by atoms with E-state index in [0.29, 0.717) is 23.4 Å². The quantitative estimate of drug-likeness (QED) is 0.623. The summed E-state index contributed by atoms with van der Waals surface area (Å²) < 4.78 is 5.69. The normalized spacial score (nSPS) is 19.6. The third kappa shape index (κ3) is 3.24. The van der Waals surface area contributed by atoms with Crippen LogP contribution >= 0.6 is 0 Å². The average molecular weight is 275 g/mol. The lowest BCUT2D eigenvalue weighted by Crippen LogP contribution is -2.26. The molecule has 0 amide bonds. The molecular weight excluding hydrogens is 254 g/mol. The van der Waals surface area contributed by atoms with Gasteiger partial charge in [-0.1, -0.05) is 12.1 Å². The molecule has 1 heterocycles. The molecule has 1 unspecified atom stereocenters. The Hall–Kier alpha value is -2.14. The van der Waals surface area contributed by atoms with Gasteiger partial charge in [-0.25, -0.2) is 0 Å². The number of ether oxygens (including phenoxy) is 1. The summed E-state index contributed by atoms with van der Waals surface area (Å²) in [7, 11) is 0. The number of para-hydroxylation sites is 1. The number of phenols is 1. The van der Waals surface area contributed by atoms with Gasteiger partial charge in [0.15, 0.2) is 0 Å². The van der Waals surface area contributed by atoms with Gasteiger partial charge in [0.2, 0.25) is 0 Å². The molecule has 1 saturated heterocycles.